The zero-order valence-electron chi connectivity index (χ0n) is 15.6. The molecule has 0 atom stereocenters. The summed E-state index contributed by atoms with van der Waals surface area (Å²) in [6.07, 6.45) is 8.67. The van der Waals surface area contributed by atoms with Crippen LogP contribution in [-0.4, -0.2) is 49.6 Å². The summed E-state index contributed by atoms with van der Waals surface area (Å²) in [5, 5.41) is 0. The molecule has 0 N–H and O–H groups in total. The third-order valence-corrected chi connectivity index (χ3v) is 5.64. The maximum Gasteiger partial charge on any atom is 0.0113 e. The Balaban J connectivity index is 0.00000106. The molecule has 2 rings (SSSR count). The molecule has 1 aliphatic heterocycles. The summed E-state index contributed by atoms with van der Waals surface area (Å²) in [5.74, 6) is 2.90. The second-order valence-corrected chi connectivity index (χ2v) is 7.52. The minimum atomic E-state index is 0.827. The van der Waals surface area contributed by atoms with E-state index in [9.17, 15) is 0 Å². The monoisotopic (exact) mass is 296 g/mol. The van der Waals surface area contributed by atoms with Crippen LogP contribution in [-0.2, 0) is 0 Å². The molecule has 0 bridgehead atoms. The number of likely N-dealkylation sites (tertiary alicyclic amines) is 1. The van der Waals surface area contributed by atoms with Crippen LogP contribution in [0.2, 0.25) is 0 Å². The van der Waals surface area contributed by atoms with E-state index >= 15 is 0 Å². The molecule has 0 aromatic carbocycles. The predicted octanol–water partition coefficient (Wildman–Crippen LogP) is 4.50. The molecule has 0 amide bonds. The molecule has 1 saturated heterocycles. The molecule has 2 heteroatoms. The molecule has 0 aromatic heterocycles. The van der Waals surface area contributed by atoms with Gasteiger partial charge in [0.2, 0.25) is 0 Å². The van der Waals surface area contributed by atoms with Crippen LogP contribution in [0.5, 0.6) is 0 Å². The van der Waals surface area contributed by atoms with Gasteiger partial charge in [0.25, 0.3) is 0 Å². The summed E-state index contributed by atoms with van der Waals surface area (Å²) in [6.45, 7) is 12.8. The Morgan fingerprint density at radius 3 is 1.86 bits per heavy atom. The van der Waals surface area contributed by atoms with Gasteiger partial charge < -0.3 is 9.80 Å². The van der Waals surface area contributed by atoms with Gasteiger partial charge in [0.15, 0.2) is 0 Å². The Bertz CT molecular complexity index is 220. The first kappa shape index (κ1) is 19.0. The minimum Gasteiger partial charge on any atom is -0.306 e. The molecule has 1 saturated carbocycles. The van der Waals surface area contributed by atoms with Crippen molar-refractivity contribution in [3.63, 3.8) is 0 Å². The first-order valence-electron chi connectivity index (χ1n) is 9.45. The highest BCUT2D eigenvalue weighted by Gasteiger charge is 2.26. The summed E-state index contributed by atoms with van der Waals surface area (Å²) in [4.78, 5) is 5.14. The molecule has 2 fully saturated rings. The van der Waals surface area contributed by atoms with E-state index in [-0.39, 0.29) is 0 Å². The first-order valence-corrected chi connectivity index (χ1v) is 9.45. The van der Waals surface area contributed by atoms with E-state index in [0.29, 0.717) is 0 Å². The summed E-state index contributed by atoms with van der Waals surface area (Å²) in [7, 11) is 4.46. The van der Waals surface area contributed by atoms with Gasteiger partial charge in [-0.25, -0.2) is 0 Å². The molecule has 0 aromatic rings. The van der Waals surface area contributed by atoms with Gasteiger partial charge in [0.1, 0.15) is 0 Å². The predicted molar refractivity (Wildman–Crippen MR) is 94.8 cm³/mol. The van der Waals surface area contributed by atoms with E-state index in [1.807, 2.05) is 13.8 Å². The van der Waals surface area contributed by atoms with E-state index in [1.54, 1.807) is 0 Å². The van der Waals surface area contributed by atoms with Crippen LogP contribution in [0.4, 0.5) is 0 Å². The van der Waals surface area contributed by atoms with Crippen molar-refractivity contribution in [2.45, 2.75) is 72.3 Å². The van der Waals surface area contributed by atoms with E-state index in [1.165, 1.54) is 58.2 Å². The van der Waals surface area contributed by atoms with Crippen LogP contribution >= 0.6 is 0 Å². The molecular weight excluding hydrogens is 256 g/mol. The van der Waals surface area contributed by atoms with Crippen LogP contribution in [0.1, 0.15) is 66.2 Å². The van der Waals surface area contributed by atoms with Crippen molar-refractivity contribution >= 4 is 0 Å². The van der Waals surface area contributed by atoms with Crippen molar-refractivity contribution in [1.82, 2.24) is 9.80 Å². The lowest BCUT2D eigenvalue weighted by molar-refractivity contribution is 0.111. The molecule has 126 valence electrons. The summed E-state index contributed by atoms with van der Waals surface area (Å²) < 4.78 is 0. The standard InChI is InChI=1S/C17H34N2.C2H6/c1-14(2)16-7-5-15(6-8-16)13-19-11-9-17(10-12-19)18(3)4;1-2/h14-17H,5-13H2,1-4H3;1-2H3. The fourth-order valence-electron chi connectivity index (χ4n) is 4.02. The number of piperidine rings is 1. The average molecular weight is 297 g/mol. The summed E-state index contributed by atoms with van der Waals surface area (Å²) in [5.41, 5.74) is 0. The number of rotatable bonds is 4. The third-order valence-electron chi connectivity index (χ3n) is 5.64. The fraction of sp³-hybridized carbons (Fsp3) is 1.00. The van der Waals surface area contributed by atoms with Crippen LogP contribution in [0.25, 0.3) is 0 Å². The van der Waals surface area contributed by atoms with Crippen molar-refractivity contribution < 1.29 is 0 Å². The summed E-state index contributed by atoms with van der Waals surface area (Å²) in [6, 6.07) is 0.827. The average Bonchev–Trinajstić information content (AvgIpc) is 2.50. The highest BCUT2D eigenvalue weighted by molar-refractivity contribution is 4.81. The first-order chi connectivity index (χ1) is 10.1. The van der Waals surface area contributed by atoms with Gasteiger partial charge in [-0.05, 0) is 83.5 Å². The molecule has 1 aliphatic carbocycles. The highest BCUT2D eigenvalue weighted by Crippen LogP contribution is 2.34. The zero-order chi connectivity index (χ0) is 15.8. The minimum absolute atomic E-state index is 0.827. The van der Waals surface area contributed by atoms with Crippen molar-refractivity contribution in [2.24, 2.45) is 17.8 Å². The lowest BCUT2D eigenvalue weighted by Crippen LogP contribution is -2.43. The second kappa shape index (κ2) is 9.84. The molecule has 0 unspecified atom stereocenters. The maximum absolute atomic E-state index is 2.74. The van der Waals surface area contributed by atoms with Crippen LogP contribution in [0, 0.1) is 17.8 Å². The zero-order valence-corrected chi connectivity index (χ0v) is 15.6. The topological polar surface area (TPSA) is 6.48 Å². The largest absolute Gasteiger partial charge is 0.306 e. The van der Waals surface area contributed by atoms with Gasteiger partial charge >= 0.3 is 0 Å². The van der Waals surface area contributed by atoms with Crippen molar-refractivity contribution in [3.8, 4) is 0 Å². The molecule has 2 aliphatic rings. The van der Waals surface area contributed by atoms with Gasteiger partial charge in [0, 0.05) is 12.6 Å². The Labute approximate surface area is 134 Å². The Morgan fingerprint density at radius 2 is 1.43 bits per heavy atom. The molecule has 1 heterocycles. The molecule has 0 radical (unpaired) electrons. The Kier molecular flexibility index (Phi) is 8.89. The van der Waals surface area contributed by atoms with Crippen LogP contribution in [0.15, 0.2) is 0 Å². The number of nitrogens with zero attached hydrogens (tertiary/aromatic N) is 2. The molecular formula is C19H40N2. The molecule has 0 spiro atoms. The van der Waals surface area contributed by atoms with Crippen molar-refractivity contribution in [1.29, 1.82) is 0 Å². The van der Waals surface area contributed by atoms with E-state index in [4.69, 9.17) is 0 Å². The Morgan fingerprint density at radius 1 is 0.905 bits per heavy atom. The lowest BCUT2D eigenvalue weighted by Gasteiger charge is -2.38. The summed E-state index contributed by atoms with van der Waals surface area (Å²) >= 11 is 0. The van der Waals surface area contributed by atoms with Crippen molar-refractivity contribution in [3.05, 3.63) is 0 Å². The van der Waals surface area contributed by atoms with Gasteiger partial charge in [-0.1, -0.05) is 27.7 Å². The fourth-order valence-corrected chi connectivity index (χ4v) is 4.02. The van der Waals surface area contributed by atoms with Gasteiger partial charge in [-0.2, -0.15) is 0 Å². The van der Waals surface area contributed by atoms with E-state index in [2.05, 4.69) is 37.7 Å². The Hall–Kier alpha value is -0.0800. The van der Waals surface area contributed by atoms with Gasteiger partial charge in [-0.3, -0.25) is 0 Å². The number of hydrogen-bond acceptors (Lipinski definition) is 2. The molecule has 2 nitrogen and oxygen atoms in total. The quantitative estimate of drug-likeness (QED) is 0.753. The maximum atomic E-state index is 2.74. The normalized spacial score (nSPS) is 28.6. The van der Waals surface area contributed by atoms with Crippen LogP contribution < -0.4 is 0 Å². The van der Waals surface area contributed by atoms with Gasteiger partial charge in [-0.15, -0.1) is 0 Å². The second-order valence-electron chi connectivity index (χ2n) is 7.52. The highest BCUT2D eigenvalue weighted by atomic mass is 15.2. The SMILES string of the molecule is CC.CC(C)C1CCC(CN2CCC(N(C)C)CC2)CC1. The van der Waals surface area contributed by atoms with Crippen LogP contribution in [0.3, 0.4) is 0 Å². The van der Waals surface area contributed by atoms with Gasteiger partial charge in [0.05, 0.1) is 0 Å². The van der Waals surface area contributed by atoms with E-state index < -0.39 is 0 Å². The smallest absolute Gasteiger partial charge is 0.0113 e. The lowest BCUT2D eigenvalue weighted by atomic mass is 9.77. The van der Waals surface area contributed by atoms with E-state index in [0.717, 1.165) is 23.8 Å². The third kappa shape index (κ3) is 6.28. The molecule has 21 heavy (non-hydrogen) atoms. The number of hydrogen-bond donors (Lipinski definition) is 0. The van der Waals surface area contributed by atoms with Crippen molar-refractivity contribution in [2.75, 3.05) is 33.7 Å².